The molecule has 0 radical (unpaired) electrons. The van der Waals surface area contributed by atoms with Gasteiger partial charge in [0.25, 0.3) is 0 Å². The SMILES string of the molecule is O=C(O)C[C@@H](NS(=O)(=O)c1ccccc1F)C(=O)O. The summed E-state index contributed by atoms with van der Waals surface area (Å²) in [5.74, 6) is -4.22. The van der Waals surface area contributed by atoms with Crippen LogP contribution in [-0.2, 0) is 19.6 Å². The number of rotatable bonds is 6. The lowest BCUT2D eigenvalue weighted by molar-refractivity contribution is -0.145. The Morgan fingerprint density at radius 3 is 2.32 bits per heavy atom. The Morgan fingerprint density at radius 2 is 1.84 bits per heavy atom. The van der Waals surface area contributed by atoms with E-state index in [-0.39, 0.29) is 0 Å². The molecule has 0 aliphatic heterocycles. The van der Waals surface area contributed by atoms with E-state index in [1.165, 1.54) is 12.1 Å². The Balaban J connectivity index is 3.04. The Kier molecular flexibility index (Phi) is 4.57. The second kappa shape index (κ2) is 5.76. The van der Waals surface area contributed by atoms with Gasteiger partial charge in [0, 0.05) is 0 Å². The Labute approximate surface area is 107 Å². The molecule has 0 fully saturated rings. The molecule has 104 valence electrons. The molecular formula is C10H10FNO6S. The summed E-state index contributed by atoms with van der Waals surface area (Å²) in [7, 11) is -4.45. The van der Waals surface area contributed by atoms with Crippen molar-refractivity contribution in [3.63, 3.8) is 0 Å². The number of halogens is 1. The highest BCUT2D eigenvalue weighted by molar-refractivity contribution is 7.89. The van der Waals surface area contributed by atoms with Gasteiger partial charge in [-0.2, -0.15) is 4.72 Å². The number of hydrogen-bond acceptors (Lipinski definition) is 4. The van der Waals surface area contributed by atoms with Gasteiger partial charge in [-0.15, -0.1) is 0 Å². The Bertz CT molecular complexity index is 600. The first-order chi connectivity index (χ1) is 8.74. The van der Waals surface area contributed by atoms with Crippen LogP contribution in [0.1, 0.15) is 6.42 Å². The fraction of sp³-hybridized carbons (Fsp3) is 0.200. The summed E-state index contributed by atoms with van der Waals surface area (Å²) < 4.78 is 38.4. The first-order valence-electron chi connectivity index (χ1n) is 4.95. The van der Waals surface area contributed by atoms with Gasteiger partial charge in [-0.25, -0.2) is 12.8 Å². The van der Waals surface area contributed by atoms with Crippen molar-refractivity contribution in [1.29, 1.82) is 0 Å². The third-order valence-corrected chi connectivity index (χ3v) is 3.61. The van der Waals surface area contributed by atoms with Crippen LogP contribution in [0.4, 0.5) is 4.39 Å². The number of carboxylic acids is 2. The van der Waals surface area contributed by atoms with Gasteiger partial charge in [0.1, 0.15) is 16.8 Å². The van der Waals surface area contributed by atoms with Gasteiger partial charge in [-0.1, -0.05) is 12.1 Å². The zero-order valence-corrected chi connectivity index (χ0v) is 10.2. The summed E-state index contributed by atoms with van der Waals surface area (Å²) in [6.45, 7) is 0. The molecule has 0 heterocycles. The zero-order valence-electron chi connectivity index (χ0n) is 9.41. The molecule has 0 amide bonds. The third-order valence-electron chi connectivity index (χ3n) is 2.10. The Morgan fingerprint density at radius 1 is 1.26 bits per heavy atom. The summed E-state index contributed by atoms with van der Waals surface area (Å²) in [6.07, 6.45) is -0.955. The molecule has 0 aliphatic rings. The van der Waals surface area contributed by atoms with E-state index in [2.05, 4.69) is 0 Å². The highest BCUT2D eigenvalue weighted by Gasteiger charge is 2.28. The van der Waals surface area contributed by atoms with E-state index in [4.69, 9.17) is 10.2 Å². The normalized spacial score (nSPS) is 12.9. The minimum absolute atomic E-state index is 0.744. The molecule has 0 spiro atoms. The van der Waals surface area contributed by atoms with Crippen LogP contribution in [0.3, 0.4) is 0 Å². The standard InChI is InChI=1S/C10H10FNO6S/c11-6-3-1-2-4-8(6)19(17,18)12-7(10(15)16)5-9(13)14/h1-4,7,12H,5H2,(H,13,14)(H,15,16)/t7-/m1/s1. The highest BCUT2D eigenvalue weighted by Crippen LogP contribution is 2.14. The summed E-state index contributed by atoms with van der Waals surface area (Å²) in [5, 5.41) is 17.2. The fourth-order valence-corrected chi connectivity index (χ4v) is 2.54. The average Bonchev–Trinajstić information content (AvgIpc) is 2.27. The number of aliphatic carboxylic acids is 2. The molecule has 1 rings (SSSR count). The first-order valence-corrected chi connectivity index (χ1v) is 6.44. The average molecular weight is 291 g/mol. The lowest BCUT2D eigenvalue weighted by atomic mass is 10.2. The number of sulfonamides is 1. The van der Waals surface area contributed by atoms with Crippen molar-refractivity contribution in [2.24, 2.45) is 0 Å². The number of nitrogens with one attached hydrogen (secondary N) is 1. The maximum atomic E-state index is 13.3. The number of carbonyl (C=O) groups is 2. The monoisotopic (exact) mass is 291 g/mol. The maximum Gasteiger partial charge on any atom is 0.322 e. The van der Waals surface area contributed by atoms with Crippen LogP contribution < -0.4 is 4.72 Å². The molecule has 7 nitrogen and oxygen atoms in total. The molecule has 0 unspecified atom stereocenters. The maximum absolute atomic E-state index is 13.3. The van der Waals surface area contributed by atoms with Gasteiger partial charge < -0.3 is 10.2 Å². The lowest BCUT2D eigenvalue weighted by Crippen LogP contribution is -2.42. The molecule has 9 heteroatoms. The van der Waals surface area contributed by atoms with Crippen LogP contribution in [0.15, 0.2) is 29.2 Å². The molecule has 0 bridgehead atoms. The van der Waals surface area contributed by atoms with E-state index in [0.717, 1.165) is 12.1 Å². The predicted molar refractivity (Wildman–Crippen MR) is 60.4 cm³/mol. The smallest absolute Gasteiger partial charge is 0.322 e. The van der Waals surface area contributed by atoms with Gasteiger partial charge in [0.15, 0.2) is 0 Å². The van der Waals surface area contributed by atoms with E-state index in [0.29, 0.717) is 0 Å². The summed E-state index contributed by atoms with van der Waals surface area (Å²) >= 11 is 0. The Hall–Kier alpha value is -2.00. The molecule has 1 aromatic carbocycles. The minimum atomic E-state index is -4.45. The molecule has 0 aliphatic carbocycles. The molecule has 0 saturated heterocycles. The number of hydrogen-bond donors (Lipinski definition) is 3. The fourth-order valence-electron chi connectivity index (χ4n) is 1.27. The predicted octanol–water partition coefficient (Wildman–Crippen LogP) is 0.0319. The van der Waals surface area contributed by atoms with Crippen molar-refractivity contribution < 1.29 is 32.6 Å². The molecule has 3 N–H and O–H groups in total. The van der Waals surface area contributed by atoms with Crippen LogP contribution in [0, 0.1) is 5.82 Å². The van der Waals surface area contributed by atoms with Crippen molar-refractivity contribution in [3.05, 3.63) is 30.1 Å². The van der Waals surface area contributed by atoms with Crippen molar-refractivity contribution in [3.8, 4) is 0 Å². The second-order valence-corrected chi connectivity index (χ2v) is 5.22. The largest absolute Gasteiger partial charge is 0.481 e. The van der Waals surface area contributed by atoms with E-state index in [1.54, 1.807) is 4.72 Å². The number of carboxylic acid groups (broad SMARTS) is 2. The van der Waals surface area contributed by atoms with Gasteiger partial charge in [-0.3, -0.25) is 9.59 Å². The molecule has 0 aromatic heterocycles. The highest BCUT2D eigenvalue weighted by atomic mass is 32.2. The quantitative estimate of drug-likeness (QED) is 0.680. The van der Waals surface area contributed by atoms with E-state index < -0.39 is 45.1 Å². The lowest BCUT2D eigenvalue weighted by Gasteiger charge is -2.13. The first kappa shape index (κ1) is 15.1. The molecule has 1 atom stereocenters. The van der Waals surface area contributed by atoms with E-state index >= 15 is 0 Å². The van der Waals surface area contributed by atoms with Gasteiger partial charge in [-0.05, 0) is 12.1 Å². The molecule has 1 aromatic rings. The molecular weight excluding hydrogens is 281 g/mol. The summed E-state index contributed by atoms with van der Waals surface area (Å²) in [5.41, 5.74) is 0. The van der Waals surface area contributed by atoms with E-state index in [1.807, 2.05) is 0 Å². The number of benzene rings is 1. The van der Waals surface area contributed by atoms with Crippen molar-refractivity contribution in [2.45, 2.75) is 17.4 Å². The third kappa shape index (κ3) is 4.00. The van der Waals surface area contributed by atoms with E-state index in [9.17, 15) is 22.4 Å². The summed E-state index contributed by atoms with van der Waals surface area (Å²) in [4.78, 5) is 20.4. The topological polar surface area (TPSA) is 121 Å². The van der Waals surface area contributed by atoms with Crippen LogP contribution in [0.25, 0.3) is 0 Å². The van der Waals surface area contributed by atoms with Crippen molar-refractivity contribution in [1.82, 2.24) is 4.72 Å². The minimum Gasteiger partial charge on any atom is -0.481 e. The van der Waals surface area contributed by atoms with Crippen molar-refractivity contribution in [2.75, 3.05) is 0 Å². The van der Waals surface area contributed by atoms with Crippen molar-refractivity contribution >= 4 is 22.0 Å². The van der Waals surface area contributed by atoms with Crippen LogP contribution in [-0.4, -0.2) is 36.6 Å². The second-order valence-electron chi connectivity index (χ2n) is 3.54. The summed E-state index contributed by atoms with van der Waals surface area (Å²) in [6, 6.07) is 2.48. The molecule has 19 heavy (non-hydrogen) atoms. The van der Waals surface area contributed by atoms with Gasteiger partial charge in [0.05, 0.1) is 6.42 Å². The van der Waals surface area contributed by atoms with Crippen LogP contribution in [0.5, 0.6) is 0 Å². The molecule has 0 saturated carbocycles. The van der Waals surface area contributed by atoms with Crippen LogP contribution in [0.2, 0.25) is 0 Å². The zero-order chi connectivity index (χ0) is 14.6. The van der Waals surface area contributed by atoms with Crippen LogP contribution >= 0.6 is 0 Å². The van der Waals surface area contributed by atoms with Gasteiger partial charge >= 0.3 is 11.9 Å². The van der Waals surface area contributed by atoms with Gasteiger partial charge in [0.2, 0.25) is 10.0 Å².